The first-order chi connectivity index (χ1) is 12.0. The van der Waals surface area contributed by atoms with Crippen molar-refractivity contribution in [3.05, 3.63) is 47.5 Å². The van der Waals surface area contributed by atoms with Gasteiger partial charge in [0.15, 0.2) is 0 Å². The van der Waals surface area contributed by atoms with Gasteiger partial charge in [0.1, 0.15) is 34.2 Å². The molecule has 0 aromatic heterocycles. The van der Waals surface area contributed by atoms with Gasteiger partial charge in [0, 0.05) is 0 Å². The van der Waals surface area contributed by atoms with Crippen LogP contribution < -0.4 is 0 Å². The van der Waals surface area contributed by atoms with E-state index in [4.69, 9.17) is 14.2 Å². The molecular formula is C18H18O7. The first-order valence-electron chi connectivity index (χ1n) is 7.86. The molecule has 2 saturated heterocycles. The maximum atomic E-state index is 10.0. The zero-order valence-electron chi connectivity index (χ0n) is 13.3. The molecule has 2 aromatic carbocycles. The van der Waals surface area contributed by atoms with Crippen LogP contribution in [0.25, 0.3) is 0 Å². The fourth-order valence-corrected chi connectivity index (χ4v) is 3.14. The van der Waals surface area contributed by atoms with Crippen LogP contribution in [0.15, 0.2) is 36.4 Å². The molecule has 0 aliphatic carbocycles. The summed E-state index contributed by atoms with van der Waals surface area (Å²) < 4.78 is 16.6. The third kappa shape index (κ3) is 2.66. The molecule has 25 heavy (non-hydrogen) atoms. The van der Waals surface area contributed by atoms with Crippen LogP contribution in [-0.4, -0.2) is 46.9 Å². The third-order valence-corrected chi connectivity index (χ3v) is 4.61. The van der Waals surface area contributed by atoms with Gasteiger partial charge in [-0.05, 0) is 24.3 Å². The predicted molar refractivity (Wildman–Crippen MR) is 85.6 cm³/mol. The normalized spacial score (nSPS) is 27.2. The minimum absolute atomic E-state index is 0.0585. The van der Waals surface area contributed by atoms with E-state index in [2.05, 4.69) is 0 Å². The van der Waals surface area contributed by atoms with Crippen LogP contribution in [0.4, 0.5) is 0 Å². The number of hydrogen-bond acceptors (Lipinski definition) is 7. The molecule has 2 aliphatic rings. The summed E-state index contributed by atoms with van der Waals surface area (Å²) in [4.78, 5) is 0. The fourth-order valence-electron chi connectivity index (χ4n) is 3.14. The molecule has 0 spiro atoms. The molecule has 0 amide bonds. The van der Waals surface area contributed by atoms with E-state index >= 15 is 0 Å². The summed E-state index contributed by atoms with van der Waals surface area (Å²) >= 11 is 0. The van der Waals surface area contributed by atoms with E-state index in [1.54, 1.807) is 12.1 Å². The second-order valence-electron chi connectivity index (χ2n) is 6.40. The van der Waals surface area contributed by atoms with Crippen molar-refractivity contribution in [1.82, 2.24) is 0 Å². The van der Waals surface area contributed by atoms with Crippen molar-refractivity contribution >= 4 is 0 Å². The highest BCUT2D eigenvalue weighted by Crippen LogP contribution is 2.50. The highest BCUT2D eigenvalue weighted by atomic mass is 16.6. The van der Waals surface area contributed by atoms with E-state index < -0.39 is 11.2 Å². The largest absolute Gasteiger partial charge is 0.507 e. The van der Waals surface area contributed by atoms with Gasteiger partial charge in [-0.3, -0.25) is 0 Å². The predicted octanol–water partition coefficient (Wildman–Crippen LogP) is 1.68. The molecule has 2 aliphatic heterocycles. The van der Waals surface area contributed by atoms with Crippen LogP contribution in [0.5, 0.6) is 23.0 Å². The van der Waals surface area contributed by atoms with Crippen LogP contribution in [0.1, 0.15) is 11.1 Å². The van der Waals surface area contributed by atoms with E-state index in [1.807, 2.05) is 0 Å². The average molecular weight is 346 g/mol. The lowest BCUT2D eigenvalue weighted by Gasteiger charge is -2.19. The van der Waals surface area contributed by atoms with Crippen LogP contribution in [-0.2, 0) is 25.4 Å². The van der Waals surface area contributed by atoms with Crippen LogP contribution in [0.3, 0.4) is 0 Å². The molecule has 2 heterocycles. The molecular weight excluding hydrogens is 328 g/mol. The smallest absolute Gasteiger partial charge is 0.147 e. The Balaban J connectivity index is 1.48. The highest BCUT2D eigenvalue weighted by Gasteiger charge is 2.54. The van der Waals surface area contributed by atoms with Gasteiger partial charge in [0.25, 0.3) is 0 Å². The van der Waals surface area contributed by atoms with Crippen LogP contribution >= 0.6 is 0 Å². The Morgan fingerprint density at radius 2 is 1.04 bits per heavy atom. The molecule has 7 heteroatoms. The van der Waals surface area contributed by atoms with E-state index in [1.165, 1.54) is 24.3 Å². The number of phenolic OH excluding ortho intramolecular Hbond substituents is 4. The number of epoxide rings is 2. The highest BCUT2D eigenvalue weighted by molar-refractivity contribution is 5.50. The Morgan fingerprint density at radius 1 is 0.720 bits per heavy atom. The summed E-state index contributed by atoms with van der Waals surface area (Å²) in [7, 11) is 0. The second kappa shape index (κ2) is 5.52. The van der Waals surface area contributed by atoms with E-state index in [0.717, 1.165) is 0 Å². The van der Waals surface area contributed by atoms with Gasteiger partial charge < -0.3 is 34.6 Å². The molecule has 0 saturated carbocycles. The lowest BCUT2D eigenvalue weighted by atomic mass is 9.97. The maximum absolute atomic E-state index is 10.0. The second-order valence-corrected chi connectivity index (χ2v) is 6.40. The van der Waals surface area contributed by atoms with Gasteiger partial charge in [-0.25, -0.2) is 0 Å². The number of hydrogen-bond donors (Lipinski definition) is 4. The molecule has 7 nitrogen and oxygen atoms in total. The molecule has 2 atom stereocenters. The zero-order valence-corrected chi connectivity index (χ0v) is 13.3. The maximum Gasteiger partial charge on any atom is 0.147 e. The summed E-state index contributed by atoms with van der Waals surface area (Å²) in [5, 5.41) is 40.0. The number of ether oxygens (including phenoxy) is 3. The minimum atomic E-state index is -0.897. The average Bonchev–Trinajstić information content (AvgIpc) is 3.46. The Labute approximate surface area is 143 Å². The van der Waals surface area contributed by atoms with Crippen molar-refractivity contribution < 1.29 is 34.6 Å². The van der Waals surface area contributed by atoms with Crippen molar-refractivity contribution in [2.75, 3.05) is 26.4 Å². The Morgan fingerprint density at radius 3 is 1.32 bits per heavy atom. The summed E-state index contributed by atoms with van der Waals surface area (Å²) in [5.41, 5.74) is -1.20. The molecule has 0 bridgehead atoms. The van der Waals surface area contributed by atoms with Gasteiger partial charge in [-0.1, -0.05) is 12.1 Å². The number of rotatable bonds is 6. The molecule has 4 N–H and O–H groups in total. The van der Waals surface area contributed by atoms with Gasteiger partial charge in [0.05, 0.1) is 37.6 Å². The Bertz CT molecular complexity index is 701. The Hall–Kier alpha value is -2.48. The van der Waals surface area contributed by atoms with Gasteiger partial charge in [-0.2, -0.15) is 0 Å². The number of phenols is 4. The number of benzene rings is 2. The third-order valence-electron chi connectivity index (χ3n) is 4.61. The van der Waals surface area contributed by atoms with Gasteiger partial charge >= 0.3 is 0 Å². The summed E-state index contributed by atoms with van der Waals surface area (Å²) in [6.07, 6.45) is 0. The molecule has 132 valence electrons. The standard InChI is InChI=1S/C18H18O7/c19-11-3-1-4-12(20)15(11)17(9-24-17)7-23-8-18(10-25-18)16-13(21)5-2-6-14(16)22/h1-6,19-22H,7-10H2. The van der Waals surface area contributed by atoms with Crippen LogP contribution in [0.2, 0.25) is 0 Å². The van der Waals surface area contributed by atoms with E-state index in [-0.39, 0.29) is 36.2 Å². The van der Waals surface area contributed by atoms with Crippen molar-refractivity contribution in [3.63, 3.8) is 0 Å². The van der Waals surface area contributed by atoms with Crippen molar-refractivity contribution in [2.24, 2.45) is 0 Å². The quantitative estimate of drug-likeness (QED) is 0.588. The SMILES string of the molecule is Oc1cccc(O)c1C1(COCC2(c3c(O)cccc3O)CO2)CO1. The molecule has 2 aromatic rings. The molecule has 0 radical (unpaired) electrons. The van der Waals surface area contributed by atoms with Gasteiger partial charge in [-0.15, -0.1) is 0 Å². The van der Waals surface area contributed by atoms with Crippen molar-refractivity contribution in [3.8, 4) is 23.0 Å². The molecule has 2 fully saturated rings. The summed E-state index contributed by atoms with van der Waals surface area (Å²) in [6.45, 7) is 0.816. The van der Waals surface area contributed by atoms with Crippen molar-refractivity contribution in [2.45, 2.75) is 11.2 Å². The molecule has 2 unspecified atom stereocenters. The van der Waals surface area contributed by atoms with Gasteiger partial charge in [0.2, 0.25) is 0 Å². The molecule has 4 rings (SSSR count). The minimum Gasteiger partial charge on any atom is -0.507 e. The van der Waals surface area contributed by atoms with Crippen LogP contribution in [0, 0.1) is 0 Å². The van der Waals surface area contributed by atoms with E-state index in [0.29, 0.717) is 24.3 Å². The lowest BCUT2D eigenvalue weighted by molar-refractivity contribution is 0.0378. The lowest BCUT2D eigenvalue weighted by Crippen LogP contribution is -2.24. The zero-order chi connectivity index (χ0) is 17.7. The van der Waals surface area contributed by atoms with E-state index in [9.17, 15) is 20.4 Å². The Kier molecular flexibility index (Phi) is 3.54. The first-order valence-corrected chi connectivity index (χ1v) is 7.86. The van der Waals surface area contributed by atoms with Crippen molar-refractivity contribution in [1.29, 1.82) is 0 Å². The summed E-state index contributed by atoms with van der Waals surface area (Å²) in [5.74, 6) is -0.234. The fraction of sp³-hybridized carbons (Fsp3) is 0.333. The topological polar surface area (TPSA) is 115 Å². The summed E-state index contributed by atoms with van der Waals surface area (Å²) in [6, 6.07) is 8.99. The first kappa shape index (κ1) is 16.0. The number of aromatic hydroxyl groups is 4. The monoisotopic (exact) mass is 346 g/mol.